The SMILES string of the molecule is [Al].[Hf].[O-2].[O-2].[Zr+4]. The van der Waals surface area contributed by atoms with Crippen molar-refractivity contribution in [3.05, 3.63) is 0 Å². The summed E-state index contributed by atoms with van der Waals surface area (Å²) in [6, 6.07) is 0. The second kappa shape index (κ2) is 34.6. The van der Waals surface area contributed by atoms with E-state index < -0.39 is 0 Å². The van der Waals surface area contributed by atoms with Crippen LogP contribution in [-0.4, -0.2) is 17.4 Å². The van der Waals surface area contributed by atoms with E-state index in [2.05, 4.69) is 0 Å². The molecule has 0 saturated heterocycles. The van der Waals surface area contributed by atoms with Crippen molar-refractivity contribution in [3.63, 3.8) is 0 Å². The topological polar surface area (TPSA) is 57.0 Å². The van der Waals surface area contributed by atoms with Gasteiger partial charge in [-0.05, 0) is 0 Å². The van der Waals surface area contributed by atoms with Crippen molar-refractivity contribution in [2.75, 3.05) is 0 Å². The van der Waals surface area contributed by atoms with E-state index in [9.17, 15) is 0 Å². The largest absolute Gasteiger partial charge is 4.00 e. The zero-order valence-electron chi connectivity index (χ0n) is 2.39. The molecule has 0 fully saturated rings. The smallest absolute Gasteiger partial charge is 2.00 e. The molecule has 0 rings (SSSR count). The van der Waals surface area contributed by atoms with Crippen molar-refractivity contribution >= 4 is 17.4 Å². The molecule has 23 valence electrons. The molecule has 0 N–H and O–H groups in total. The van der Waals surface area contributed by atoms with E-state index in [0.29, 0.717) is 0 Å². The van der Waals surface area contributed by atoms with Crippen molar-refractivity contribution in [2.45, 2.75) is 0 Å². The summed E-state index contributed by atoms with van der Waals surface area (Å²) < 4.78 is 0. The maximum atomic E-state index is 0. The van der Waals surface area contributed by atoms with Crippen LogP contribution in [0.3, 0.4) is 0 Å². The van der Waals surface area contributed by atoms with Gasteiger partial charge in [0.05, 0.1) is 0 Å². The molecule has 0 aromatic carbocycles. The molecule has 0 aliphatic carbocycles. The molecule has 0 aliphatic rings. The molecule has 5 heavy (non-hydrogen) atoms. The first-order chi connectivity index (χ1) is 0. The minimum atomic E-state index is 0. The van der Waals surface area contributed by atoms with Crippen molar-refractivity contribution in [2.24, 2.45) is 0 Å². The van der Waals surface area contributed by atoms with Gasteiger partial charge in [0, 0.05) is 43.2 Å². The monoisotopic (exact) mass is 329 g/mol. The Morgan fingerprint density at radius 1 is 0.800 bits per heavy atom. The van der Waals surface area contributed by atoms with Crippen LogP contribution >= 0.6 is 0 Å². The summed E-state index contributed by atoms with van der Waals surface area (Å²) in [5, 5.41) is 0. The Bertz CT molecular complexity index is 9.61. The van der Waals surface area contributed by atoms with Crippen LogP contribution in [0.4, 0.5) is 0 Å². The summed E-state index contributed by atoms with van der Waals surface area (Å²) in [6.45, 7) is 0. The first-order valence-corrected chi connectivity index (χ1v) is 0. The zero-order chi connectivity index (χ0) is 0. The van der Waals surface area contributed by atoms with Gasteiger partial charge in [-0.2, -0.15) is 0 Å². The Kier molecular flexibility index (Phi) is 394. The van der Waals surface area contributed by atoms with E-state index in [4.69, 9.17) is 0 Å². The molecular formula is AlHfO2Zr. The Balaban J connectivity index is 0. The molecule has 3 radical (unpaired) electrons. The van der Waals surface area contributed by atoms with Gasteiger partial charge in [-0.3, -0.25) is 0 Å². The Morgan fingerprint density at radius 2 is 0.800 bits per heavy atom. The second-order valence-electron chi connectivity index (χ2n) is 0. The van der Waals surface area contributed by atoms with Gasteiger partial charge in [-0.15, -0.1) is 0 Å². The predicted molar refractivity (Wildman–Crippen MR) is 7.13 cm³/mol. The third-order valence-electron chi connectivity index (χ3n) is 0. The van der Waals surface area contributed by atoms with Gasteiger partial charge < -0.3 is 11.0 Å². The summed E-state index contributed by atoms with van der Waals surface area (Å²) in [5.74, 6) is 0. The summed E-state index contributed by atoms with van der Waals surface area (Å²) in [4.78, 5) is 0. The standard InChI is InChI=1S/Al.Hf.2O.Zr/q;;2*-2;+4. The molecule has 0 unspecified atom stereocenters. The van der Waals surface area contributed by atoms with Crippen molar-refractivity contribution in [1.82, 2.24) is 0 Å². The fraction of sp³-hybridized carbons (Fsp3) is 0. The average Bonchev–Trinajstić information content (AvgIpc) is 0. The third-order valence-corrected chi connectivity index (χ3v) is 0. The summed E-state index contributed by atoms with van der Waals surface area (Å²) >= 11 is 0. The molecule has 0 aromatic rings. The average molecular weight is 329 g/mol. The summed E-state index contributed by atoms with van der Waals surface area (Å²) in [5.41, 5.74) is 0. The normalized spacial score (nSPS) is 0. The molecule has 0 spiro atoms. The van der Waals surface area contributed by atoms with Gasteiger partial charge in [0.15, 0.2) is 0 Å². The minimum Gasteiger partial charge on any atom is -2.00 e. The molecular weight excluding hydrogens is 329 g/mol. The van der Waals surface area contributed by atoms with Crippen LogP contribution in [-0.2, 0) is 63.0 Å². The van der Waals surface area contributed by atoms with Crippen LogP contribution in [0.2, 0.25) is 0 Å². The first-order valence-electron chi connectivity index (χ1n) is 0. The van der Waals surface area contributed by atoms with Crippen LogP contribution in [0.15, 0.2) is 0 Å². The molecule has 0 bridgehead atoms. The Labute approximate surface area is 79.4 Å². The number of rotatable bonds is 0. The fourth-order valence-electron chi connectivity index (χ4n) is 0. The minimum absolute atomic E-state index is 0. The van der Waals surface area contributed by atoms with E-state index in [1.807, 2.05) is 0 Å². The van der Waals surface area contributed by atoms with Gasteiger partial charge >= 0.3 is 26.2 Å². The number of hydrogen-bond acceptors (Lipinski definition) is 0. The molecule has 0 heterocycles. The van der Waals surface area contributed by atoms with E-state index in [-0.39, 0.29) is 80.4 Å². The van der Waals surface area contributed by atoms with Gasteiger partial charge in [0.2, 0.25) is 0 Å². The van der Waals surface area contributed by atoms with Gasteiger partial charge in [0.25, 0.3) is 0 Å². The second-order valence-corrected chi connectivity index (χ2v) is 0. The zero-order valence-corrected chi connectivity index (χ0v) is 9.60. The van der Waals surface area contributed by atoms with Gasteiger partial charge in [-0.25, -0.2) is 0 Å². The van der Waals surface area contributed by atoms with Crippen LogP contribution in [0, 0.1) is 0 Å². The quantitative estimate of drug-likeness (QED) is 0.532. The Morgan fingerprint density at radius 3 is 0.800 bits per heavy atom. The maximum Gasteiger partial charge on any atom is 4.00 e. The van der Waals surface area contributed by atoms with E-state index >= 15 is 0 Å². The van der Waals surface area contributed by atoms with E-state index in [1.165, 1.54) is 0 Å². The molecule has 0 aliphatic heterocycles. The molecule has 0 atom stereocenters. The predicted octanol–water partition coefficient (Wildman–Crippen LogP) is -0.623. The first kappa shape index (κ1) is 57.0. The van der Waals surface area contributed by atoms with E-state index in [0.717, 1.165) is 0 Å². The molecule has 5 heteroatoms. The van der Waals surface area contributed by atoms with Crippen LogP contribution in [0.1, 0.15) is 0 Å². The Hall–Kier alpha value is 2.21. The van der Waals surface area contributed by atoms with Crippen molar-refractivity contribution in [3.8, 4) is 0 Å². The van der Waals surface area contributed by atoms with Crippen molar-refractivity contribution < 1.29 is 63.0 Å². The third kappa shape index (κ3) is 22.6. The fourth-order valence-corrected chi connectivity index (χ4v) is 0. The van der Waals surface area contributed by atoms with Gasteiger partial charge in [-0.1, -0.05) is 0 Å². The van der Waals surface area contributed by atoms with Crippen LogP contribution < -0.4 is 0 Å². The molecule has 0 saturated carbocycles. The van der Waals surface area contributed by atoms with Crippen LogP contribution in [0.5, 0.6) is 0 Å². The number of hydrogen-bond donors (Lipinski definition) is 0. The summed E-state index contributed by atoms with van der Waals surface area (Å²) in [7, 11) is 0. The molecule has 2 nitrogen and oxygen atoms in total. The van der Waals surface area contributed by atoms with E-state index in [1.54, 1.807) is 0 Å². The molecule has 0 amide bonds. The maximum absolute atomic E-state index is 0. The molecule has 0 aromatic heterocycles. The van der Waals surface area contributed by atoms with Crippen LogP contribution in [0.25, 0.3) is 0 Å². The van der Waals surface area contributed by atoms with Gasteiger partial charge in [0.1, 0.15) is 0 Å². The summed E-state index contributed by atoms with van der Waals surface area (Å²) in [6.07, 6.45) is 0. The van der Waals surface area contributed by atoms with Crippen molar-refractivity contribution in [1.29, 1.82) is 0 Å².